The molecule has 0 spiro atoms. The van der Waals surface area contributed by atoms with E-state index in [2.05, 4.69) is 15.3 Å². The largest absolute Gasteiger partial charge is 0.478 e. The maximum atomic E-state index is 14.7. The van der Waals surface area contributed by atoms with Crippen molar-refractivity contribution >= 4 is 41.2 Å². The predicted molar refractivity (Wildman–Crippen MR) is 197 cm³/mol. The molecule has 2 heterocycles. The van der Waals surface area contributed by atoms with Crippen LogP contribution < -0.4 is 15.0 Å². The highest BCUT2D eigenvalue weighted by molar-refractivity contribution is 6.14. The van der Waals surface area contributed by atoms with Crippen molar-refractivity contribution in [3.63, 3.8) is 0 Å². The highest BCUT2D eigenvalue weighted by Crippen LogP contribution is 2.40. The van der Waals surface area contributed by atoms with E-state index in [1.54, 1.807) is 58.6 Å². The van der Waals surface area contributed by atoms with Gasteiger partial charge in [0.2, 0.25) is 11.8 Å². The Kier molecular flexibility index (Phi) is 11.9. The Bertz CT molecular complexity index is 1900. The fourth-order valence-electron chi connectivity index (χ4n) is 6.03. The Morgan fingerprint density at radius 2 is 1.63 bits per heavy atom. The molecule has 12 heteroatoms. The lowest BCUT2D eigenvalue weighted by atomic mass is 10.00. The van der Waals surface area contributed by atoms with Gasteiger partial charge in [-0.3, -0.25) is 24.6 Å². The van der Waals surface area contributed by atoms with Gasteiger partial charge in [0.1, 0.15) is 11.6 Å². The normalized spacial score (nSPS) is 15.0. The first-order valence-electron chi connectivity index (χ1n) is 17.4. The van der Waals surface area contributed by atoms with Crippen molar-refractivity contribution in [3.05, 3.63) is 107 Å². The van der Waals surface area contributed by atoms with Crippen LogP contribution in [0.15, 0.2) is 84.9 Å². The topological polar surface area (TPSA) is 140 Å². The molecule has 0 bridgehead atoms. The van der Waals surface area contributed by atoms with Crippen molar-refractivity contribution in [1.29, 1.82) is 0 Å². The van der Waals surface area contributed by atoms with Gasteiger partial charge in [-0.1, -0.05) is 54.6 Å². The van der Waals surface area contributed by atoms with Crippen LogP contribution in [0.4, 0.5) is 22.1 Å². The van der Waals surface area contributed by atoms with Crippen LogP contribution >= 0.6 is 0 Å². The number of rotatable bonds is 12. The fourth-order valence-corrected chi connectivity index (χ4v) is 6.03. The number of nitrogens with one attached hydrogen (secondary N) is 1. The molecule has 0 aliphatic carbocycles. The molecule has 0 radical (unpaired) electrons. The van der Waals surface area contributed by atoms with Crippen molar-refractivity contribution in [1.82, 2.24) is 14.9 Å². The van der Waals surface area contributed by atoms with Crippen LogP contribution in [-0.4, -0.2) is 63.6 Å². The monoisotopic (exact) mass is 707 g/mol. The van der Waals surface area contributed by atoms with E-state index in [1.165, 1.54) is 4.90 Å². The molecule has 0 saturated heterocycles. The molecule has 3 amide bonds. The van der Waals surface area contributed by atoms with Gasteiger partial charge in [-0.25, -0.2) is 9.78 Å². The summed E-state index contributed by atoms with van der Waals surface area (Å²) in [6.45, 7) is 11.1. The molecule has 0 fully saturated rings. The molecule has 5 rings (SSSR count). The first-order valence-corrected chi connectivity index (χ1v) is 17.4. The fraction of sp³-hybridized carbons (Fsp3) is 0.350. The van der Waals surface area contributed by atoms with E-state index < -0.39 is 29.7 Å². The number of nitrogens with zero attached hydrogens (tertiary/aromatic N) is 4. The molecule has 0 saturated carbocycles. The minimum Gasteiger partial charge on any atom is -0.478 e. The van der Waals surface area contributed by atoms with Crippen LogP contribution in [0.5, 0.6) is 5.88 Å². The van der Waals surface area contributed by atoms with Gasteiger partial charge in [-0.05, 0) is 89.8 Å². The molecule has 1 aromatic heterocycles. The van der Waals surface area contributed by atoms with Crippen molar-refractivity contribution in [3.8, 4) is 5.88 Å². The standard InChI is InChI=1S/C40H45N5O7/c1-7-50-34(46)24-27(3)44-35(29-16-10-8-11-17-29)37(48)45(30-18-12-9-13-19-30)32-21-20-28(25-31(32)36(44)47)15-14-22-51-33-23-26(2)41-38(42-33)43-39(49)52-40(4,5)6/h8-13,16-21,23,25,27,35H,7,14-15,22,24H2,1-6H3,(H,41,42,43,49). The molecular formula is C40H45N5O7. The lowest BCUT2D eigenvalue weighted by Crippen LogP contribution is -2.46. The third kappa shape index (κ3) is 9.30. The van der Waals surface area contributed by atoms with Gasteiger partial charge in [-0.2, -0.15) is 4.98 Å². The summed E-state index contributed by atoms with van der Waals surface area (Å²) >= 11 is 0. The van der Waals surface area contributed by atoms with E-state index in [1.807, 2.05) is 72.8 Å². The zero-order valence-electron chi connectivity index (χ0n) is 30.4. The number of aryl methyl sites for hydroxylation is 2. The highest BCUT2D eigenvalue weighted by atomic mass is 16.6. The van der Waals surface area contributed by atoms with Crippen LogP contribution in [0.1, 0.15) is 80.7 Å². The number of hydrogen-bond acceptors (Lipinski definition) is 9. The van der Waals surface area contributed by atoms with Crippen LogP contribution in [0.3, 0.4) is 0 Å². The smallest absolute Gasteiger partial charge is 0.414 e. The number of anilines is 3. The molecule has 12 nitrogen and oxygen atoms in total. The minimum atomic E-state index is -1.01. The van der Waals surface area contributed by atoms with Crippen LogP contribution in [0.25, 0.3) is 0 Å². The number of ether oxygens (including phenoxy) is 3. The summed E-state index contributed by atoms with van der Waals surface area (Å²) in [7, 11) is 0. The predicted octanol–water partition coefficient (Wildman–Crippen LogP) is 7.35. The van der Waals surface area contributed by atoms with Crippen LogP contribution in [0.2, 0.25) is 0 Å². The zero-order valence-corrected chi connectivity index (χ0v) is 30.4. The first kappa shape index (κ1) is 37.5. The van der Waals surface area contributed by atoms with Gasteiger partial charge < -0.3 is 19.1 Å². The number of carbonyl (C=O) groups excluding carboxylic acids is 4. The Morgan fingerprint density at radius 3 is 2.31 bits per heavy atom. The van der Waals surface area contributed by atoms with Gasteiger partial charge in [0.25, 0.3) is 11.8 Å². The Morgan fingerprint density at radius 1 is 0.942 bits per heavy atom. The molecule has 1 aliphatic rings. The number of benzene rings is 3. The number of esters is 1. The van der Waals surface area contributed by atoms with E-state index in [0.717, 1.165) is 5.56 Å². The van der Waals surface area contributed by atoms with Gasteiger partial charge in [0, 0.05) is 23.5 Å². The molecule has 2 unspecified atom stereocenters. The van der Waals surface area contributed by atoms with Crippen LogP contribution in [0, 0.1) is 6.92 Å². The van der Waals surface area contributed by atoms with Gasteiger partial charge in [0.05, 0.1) is 30.9 Å². The molecule has 3 aromatic carbocycles. The number of fused-ring (bicyclic) bond motifs is 1. The maximum absolute atomic E-state index is 14.7. The molecule has 1 N–H and O–H groups in total. The SMILES string of the molecule is CCOC(=O)CC(C)N1C(=O)c2cc(CCCOc3cc(C)nc(NC(=O)OC(C)(C)C)n3)ccc2N(c2ccccc2)C(=O)C1c1ccccc1. The summed E-state index contributed by atoms with van der Waals surface area (Å²) < 4.78 is 16.5. The summed E-state index contributed by atoms with van der Waals surface area (Å²) in [5, 5.41) is 2.54. The Labute approximate surface area is 304 Å². The van der Waals surface area contributed by atoms with E-state index in [4.69, 9.17) is 14.2 Å². The molecule has 1 aliphatic heterocycles. The molecule has 52 heavy (non-hydrogen) atoms. The third-order valence-corrected chi connectivity index (χ3v) is 8.17. The zero-order chi connectivity index (χ0) is 37.4. The lowest BCUT2D eigenvalue weighted by molar-refractivity contribution is -0.144. The summed E-state index contributed by atoms with van der Waals surface area (Å²) in [6, 6.07) is 23.9. The van der Waals surface area contributed by atoms with Gasteiger partial charge >= 0.3 is 12.1 Å². The second-order valence-corrected chi connectivity index (χ2v) is 13.5. The quantitative estimate of drug-likeness (QED) is 0.118. The average Bonchev–Trinajstić information content (AvgIpc) is 3.18. The van der Waals surface area contributed by atoms with Crippen molar-refractivity contribution < 1.29 is 33.4 Å². The maximum Gasteiger partial charge on any atom is 0.414 e. The van der Waals surface area contributed by atoms with E-state index in [9.17, 15) is 19.2 Å². The minimum absolute atomic E-state index is 0.0709. The number of para-hydroxylation sites is 1. The summed E-state index contributed by atoms with van der Waals surface area (Å²) in [4.78, 5) is 66.0. The summed E-state index contributed by atoms with van der Waals surface area (Å²) in [6.07, 6.45) is 0.374. The second kappa shape index (κ2) is 16.5. The van der Waals surface area contributed by atoms with Gasteiger partial charge in [0.15, 0.2) is 0 Å². The number of carbonyl (C=O) groups is 4. The van der Waals surface area contributed by atoms with Gasteiger partial charge in [-0.15, -0.1) is 0 Å². The molecule has 272 valence electrons. The lowest BCUT2D eigenvalue weighted by Gasteiger charge is -2.35. The number of aromatic nitrogens is 2. The third-order valence-electron chi connectivity index (χ3n) is 8.17. The Hall–Kier alpha value is -5.78. The molecule has 2 atom stereocenters. The second-order valence-electron chi connectivity index (χ2n) is 13.5. The Balaban J connectivity index is 1.42. The molecule has 4 aromatic rings. The number of amides is 3. The first-order chi connectivity index (χ1) is 24.8. The summed E-state index contributed by atoms with van der Waals surface area (Å²) in [5.41, 5.74) is 2.83. The van der Waals surface area contributed by atoms with E-state index >= 15 is 0 Å². The number of hydrogen-bond donors (Lipinski definition) is 1. The molecular weight excluding hydrogens is 662 g/mol. The van der Waals surface area contributed by atoms with Crippen molar-refractivity contribution in [2.75, 3.05) is 23.4 Å². The van der Waals surface area contributed by atoms with E-state index in [0.29, 0.717) is 53.5 Å². The average molecular weight is 708 g/mol. The van der Waals surface area contributed by atoms with Crippen LogP contribution in [-0.2, 0) is 25.5 Å². The highest BCUT2D eigenvalue weighted by Gasteiger charge is 2.43. The van der Waals surface area contributed by atoms with Crippen molar-refractivity contribution in [2.24, 2.45) is 0 Å². The summed E-state index contributed by atoms with van der Waals surface area (Å²) in [5.74, 6) is -0.770. The van der Waals surface area contributed by atoms with E-state index in [-0.39, 0.29) is 30.8 Å². The van der Waals surface area contributed by atoms with Crippen molar-refractivity contribution in [2.45, 2.75) is 78.5 Å².